The number of para-hydroxylation sites is 1. The van der Waals surface area contributed by atoms with Gasteiger partial charge in [0.1, 0.15) is 11.5 Å². The summed E-state index contributed by atoms with van der Waals surface area (Å²) in [6.07, 6.45) is 0.840. The number of carbonyl (C=O) groups is 2. The van der Waals surface area contributed by atoms with Gasteiger partial charge in [0.15, 0.2) is 6.61 Å². The molecule has 2 aromatic carbocycles. The van der Waals surface area contributed by atoms with Crippen molar-refractivity contribution < 1.29 is 19.1 Å². The van der Waals surface area contributed by atoms with Crippen LogP contribution in [0.5, 0.6) is 11.5 Å². The Morgan fingerprint density at radius 3 is 2.48 bits per heavy atom. The number of amides is 2. The van der Waals surface area contributed by atoms with Crippen molar-refractivity contribution >= 4 is 27.7 Å². The van der Waals surface area contributed by atoms with Gasteiger partial charge in [0.05, 0.1) is 16.1 Å². The molecule has 0 radical (unpaired) electrons. The Kier molecular flexibility index (Phi) is 7.67. The van der Waals surface area contributed by atoms with E-state index in [0.29, 0.717) is 17.1 Å². The summed E-state index contributed by atoms with van der Waals surface area (Å²) in [5.74, 6) is 0.0740. The predicted molar refractivity (Wildman–Crippen MR) is 107 cm³/mol. The highest BCUT2D eigenvalue weighted by molar-refractivity contribution is 9.10. The van der Waals surface area contributed by atoms with E-state index >= 15 is 0 Å². The third-order valence-corrected chi connectivity index (χ3v) is 4.19. The summed E-state index contributed by atoms with van der Waals surface area (Å²) in [6, 6.07) is 12.5. The molecule has 0 heterocycles. The molecule has 0 spiro atoms. The Morgan fingerprint density at radius 2 is 1.81 bits per heavy atom. The molecule has 7 heteroatoms. The molecule has 2 rings (SSSR count). The maximum atomic E-state index is 12.3. The van der Waals surface area contributed by atoms with Crippen molar-refractivity contribution in [3.8, 4) is 11.5 Å². The third-order valence-electron chi connectivity index (χ3n) is 3.57. The van der Waals surface area contributed by atoms with Gasteiger partial charge in [-0.25, -0.2) is 0 Å². The van der Waals surface area contributed by atoms with Crippen LogP contribution in [-0.2, 0) is 11.2 Å². The predicted octanol–water partition coefficient (Wildman–Crippen LogP) is 3.64. The van der Waals surface area contributed by atoms with E-state index in [1.807, 2.05) is 26.0 Å². The zero-order valence-corrected chi connectivity index (χ0v) is 17.1. The summed E-state index contributed by atoms with van der Waals surface area (Å²) < 4.78 is 11.9. The van der Waals surface area contributed by atoms with E-state index in [4.69, 9.17) is 9.47 Å². The highest BCUT2D eigenvalue weighted by Gasteiger charge is 2.14. The molecule has 2 N–H and O–H groups in total. The summed E-state index contributed by atoms with van der Waals surface area (Å²) in [5.41, 5.74) is 6.21. The average molecular weight is 435 g/mol. The molecule has 27 heavy (non-hydrogen) atoms. The lowest BCUT2D eigenvalue weighted by molar-refractivity contribution is -0.123. The molecule has 6 nitrogen and oxygen atoms in total. The van der Waals surface area contributed by atoms with Crippen LogP contribution in [0.2, 0.25) is 0 Å². The molecule has 2 aromatic rings. The van der Waals surface area contributed by atoms with Crippen molar-refractivity contribution in [1.82, 2.24) is 10.9 Å². The third kappa shape index (κ3) is 6.29. The van der Waals surface area contributed by atoms with Gasteiger partial charge in [0.2, 0.25) is 0 Å². The summed E-state index contributed by atoms with van der Waals surface area (Å²) in [4.78, 5) is 24.2. The first-order valence-electron chi connectivity index (χ1n) is 8.66. The molecule has 0 saturated carbocycles. The van der Waals surface area contributed by atoms with Crippen molar-refractivity contribution in [3.63, 3.8) is 0 Å². The zero-order valence-electron chi connectivity index (χ0n) is 15.5. The summed E-state index contributed by atoms with van der Waals surface area (Å²) >= 11 is 3.42. The van der Waals surface area contributed by atoms with Crippen molar-refractivity contribution in [2.24, 2.45) is 0 Å². The second-order valence-corrected chi connectivity index (χ2v) is 6.93. The molecule has 0 aliphatic carbocycles. The molecule has 0 aliphatic heterocycles. The molecule has 0 bridgehead atoms. The van der Waals surface area contributed by atoms with Gasteiger partial charge < -0.3 is 9.47 Å². The Morgan fingerprint density at radius 1 is 1.07 bits per heavy atom. The van der Waals surface area contributed by atoms with Crippen LogP contribution >= 0.6 is 15.9 Å². The minimum absolute atomic E-state index is 0.0699. The van der Waals surface area contributed by atoms with E-state index in [1.165, 1.54) is 0 Å². The van der Waals surface area contributed by atoms with Crippen LogP contribution in [0.15, 0.2) is 46.9 Å². The van der Waals surface area contributed by atoms with Crippen LogP contribution in [0.1, 0.15) is 36.7 Å². The smallest absolute Gasteiger partial charge is 0.276 e. The first-order valence-corrected chi connectivity index (χ1v) is 9.46. The summed E-state index contributed by atoms with van der Waals surface area (Å²) in [7, 11) is 0. The molecule has 0 saturated heterocycles. The molecule has 0 aromatic heterocycles. The topological polar surface area (TPSA) is 76.7 Å². The van der Waals surface area contributed by atoms with Crippen LogP contribution in [0.3, 0.4) is 0 Å². The Labute approximate surface area is 167 Å². The second kappa shape index (κ2) is 9.97. The highest BCUT2D eigenvalue weighted by atomic mass is 79.9. The number of benzene rings is 2. The van der Waals surface area contributed by atoms with Gasteiger partial charge in [0, 0.05) is 0 Å². The van der Waals surface area contributed by atoms with Crippen LogP contribution in [-0.4, -0.2) is 24.5 Å². The van der Waals surface area contributed by atoms with Gasteiger partial charge >= 0.3 is 0 Å². The molecule has 0 aliphatic rings. The molecular weight excluding hydrogens is 412 g/mol. The number of carbonyl (C=O) groups excluding carboxylic acids is 2. The molecule has 0 fully saturated rings. The fraction of sp³-hybridized carbons (Fsp3) is 0.300. The van der Waals surface area contributed by atoms with Gasteiger partial charge in [-0.05, 0) is 66.0 Å². The quantitative estimate of drug-likeness (QED) is 0.652. The van der Waals surface area contributed by atoms with Gasteiger partial charge in [-0.15, -0.1) is 0 Å². The summed E-state index contributed by atoms with van der Waals surface area (Å²) in [6.45, 7) is 5.58. The van der Waals surface area contributed by atoms with E-state index < -0.39 is 11.8 Å². The largest absolute Gasteiger partial charge is 0.490 e. The lowest BCUT2D eigenvalue weighted by Gasteiger charge is -2.14. The van der Waals surface area contributed by atoms with Gasteiger partial charge in [-0.1, -0.05) is 25.1 Å². The SMILES string of the molecule is CCc1ccc(OCC(=O)NNC(=O)c2ccccc2OC(C)C)c(Br)c1. The maximum absolute atomic E-state index is 12.3. The highest BCUT2D eigenvalue weighted by Crippen LogP contribution is 2.26. The van der Waals surface area contributed by atoms with Crippen LogP contribution in [0.4, 0.5) is 0 Å². The van der Waals surface area contributed by atoms with Crippen molar-refractivity contribution in [1.29, 1.82) is 0 Å². The number of ether oxygens (including phenoxy) is 2. The number of hydrogen-bond acceptors (Lipinski definition) is 4. The fourth-order valence-electron chi connectivity index (χ4n) is 2.27. The Balaban J connectivity index is 1.88. The lowest BCUT2D eigenvalue weighted by atomic mass is 10.2. The van der Waals surface area contributed by atoms with Crippen molar-refractivity contribution in [2.75, 3.05) is 6.61 Å². The maximum Gasteiger partial charge on any atom is 0.276 e. The monoisotopic (exact) mass is 434 g/mol. The molecule has 144 valence electrons. The van der Waals surface area contributed by atoms with E-state index in [1.54, 1.807) is 30.3 Å². The van der Waals surface area contributed by atoms with Crippen LogP contribution in [0, 0.1) is 0 Å². The average Bonchev–Trinajstić information content (AvgIpc) is 2.65. The minimum Gasteiger partial charge on any atom is -0.490 e. The zero-order chi connectivity index (χ0) is 19.8. The molecule has 0 atom stereocenters. The number of hydrogen-bond donors (Lipinski definition) is 2. The Bertz CT molecular complexity index is 808. The molecule has 2 amide bonds. The normalized spacial score (nSPS) is 10.4. The first kappa shape index (κ1) is 20.8. The molecule has 0 unspecified atom stereocenters. The number of nitrogens with one attached hydrogen (secondary N) is 2. The summed E-state index contributed by atoms with van der Waals surface area (Å²) in [5, 5.41) is 0. The Hall–Kier alpha value is -2.54. The number of rotatable bonds is 7. The van der Waals surface area contributed by atoms with E-state index in [0.717, 1.165) is 16.5 Å². The van der Waals surface area contributed by atoms with Gasteiger partial charge in [-0.3, -0.25) is 20.4 Å². The standard InChI is InChI=1S/C20H23BrN2O4/c1-4-14-9-10-18(16(21)11-14)26-12-19(24)22-23-20(25)15-7-5-6-8-17(15)27-13(2)3/h5-11,13H,4,12H2,1-3H3,(H,22,24)(H,23,25). The first-order chi connectivity index (χ1) is 12.9. The number of hydrazine groups is 1. The van der Waals surface area contributed by atoms with Gasteiger partial charge in [-0.2, -0.15) is 0 Å². The number of aryl methyl sites for hydroxylation is 1. The van der Waals surface area contributed by atoms with E-state index in [9.17, 15) is 9.59 Å². The van der Waals surface area contributed by atoms with E-state index in [2.05, 4.69) is 33.7 Å². The number of halogens is 1. The van der Waals surface area contributed by atoms with Gasteiger partial charge in [0.25, 0.3) is 11.8 Å². The molecular formula is C20H23BrN2O4. The van der Waals surface area contributed by atoms with Crippen LogP contribution < -0.4 is 20.3 Å². The lowest BCUT2D eigenvalue weighted by Crippen LogP contribution is -2.44. The van der Waals surface area contributed by atoms with E-state index in [-0.39, 0.29) is 12.7 Å². The van der Waals surface area contributed by atoms with Crippen molar-refractivity contribution in [3.05, 3.63) is 58.1 Å². The minimum atomic E-state index is -0.475. The van der Waals surface area contributed by atoms with Crippen molar-refractivity contribution in [2.45, 2.75) is 33.3 Å². The fourth-order valence-corrected chi connectivity index (χ4v) is 2.81. The van der Waals surface area contributed by atoms with Crippen LogP contribution in [0.25, 0.3) is 0 Å². The second-order valence-electron chi connectivity index (χ2n) is 6.07.